The van der Waals surface area contributed by atoms with Gasteiger partial charge in [0.25, 0.3) is 0 Å². The third kappa shape index (κ3) is 3.89. The Kier molecular flexibility index (Phi) is 5.61. The first-order valence-corrected chi connectivity index (χ1v) is 8.78. The molecule has 0 amide bonds. The molecule has 1 aromatic heterocycles. The van der Waals surface area contributed by atoms with Gasteiger partial charge in [-0.3, -0.25) is 0 Å². The Bertz CT molecular complexity index is 671. The summed E-state index contributed by atoms with van der Waals surface area (Å²) in [5, 5.41) is 0.549. The Morgan fingerprint density at radius 3 is 2.78 bits per heavy atom. The third-order valence-corrected chi connectivity index (χ3v) is 5.22. The molecule has 23 heavy (non-hydrogen) atoms. The molecule has 0 saturated heterocycles. The highest BCUT2D eigenvalue weighted by molar-refractivity contribution is 7.94. The predicted octanol–water partition coefficient (Wildman–Crippen LogP) is 5.18. The molecule has 1 fully saturated rings. The molecular weight excluding hydrogens is 336 g/mol. The van der Waals surface area contributed by atoms with Crippen molar-refractivity contribution in [2.24, 2.45) is 5.90 Å². The van der Waals surface area contributed by atoms with E-state index in [1.165, 1.54) is 32.1 Å². The van der Waals surface area contributed by atoms with Crippen LogP contribution in [0.3, 0.4) is 0 Å². The number of aryl methyl sites for hydroxylation is 1. The minimum absolute atomic E-state index is 0.470. The predicted molar refractivity (Wildman–Crippen MR) is 89.7 cm³/mol. The van der Waals surface area contributed by atoms with E-state index >= 15 is 0 Å². The number of oxazole rings is 1. The summed E-state index contributed by atoms with van der Waals surface area (Å²) >= 11 is 7.26. The second-order valence-electron chi connectivity index (χ2n) is 5.67. The largest absolute Gasteiger partial charge is 0.441 e. The Hall–Kier alpha value is -1.05. The van der Waals surface area contributed by atoms with Crippen LogP contribution in [0.25, 0.3) is 11.3 Å². The number of aromatic nitrogens is 1. The van der Waals surface area contributed by atoms with Crippen molar-refractivity contribution in [1.82, 2.24) is 4.98 Å². The number of benzene rings is 1. The van der Waals surface area contributed by atoms with Gasteiger partial charge in [-0.1, -0.05) is 30.9 Å². The quantitative estimate of drug-likeness (QED) is 0.453. The highest BCUT2D eigenvalue weighted by Crippen LogP contribution is 2.40. The van der Waals surface area contributed by atoms with Crippen LogP contribution in [0.2, 0.25) is 5.02 Å². The molecule has 1 saturated carbocycles. The first-order valence-electron chi connectivity index (χ1n) is 7.66. The highest BCUT2D eigenvalue weighted by Gasteiger charge is 2.24. The van der Waals surface area contributed by atoms with Gasteiger partial charge < -0.3 is 4.42 Å². The first kappa shape index (κ1) is 16.8. The van der Waals surface area contributed by atoms with Crippen LogP contribution >= 0.6 is 23.6 Å². The SMILES string of the molecule is Cc1nc(C2CCCCC2)c(-c2ccc(SOON)c(Cl)c2)o1. The van der Waals surface area contributed by atoms with Gasteiger partial charge in [0.05, 0.1) is 27.7 Å². The molecule has 3 rings (SSSR count). The molecule has 1 aromatic carbocycles. The van der Waals surface area contributed by atoms with Gasteiger partial charge in [-0.2, -0.15) is 5.90 Å². The minimum Gasteiger partial charge on any atom is -0.441 e. The molecule has 0 aliphatic heterocycles. The van der Waals surface area contributed by atoms with Crippen LogP contribution in [-0.2, 0) is 9.32 Å². The molecule has 1 aliphatic carbocycles. The van der Waals surface area contributed by atoms with E-state index in [0.717, 1.165) is 34.0 Å². The average Bonchev–Trinajstić information content (AvgIpc) is 2.96. The Balaban J connectivity index is 1.90. The van der Waals surface area contributed by atoms with Gasteiger partial charge >= 0.3 is 0 Å². The number of hydrogen-bond donors (Lipinski definition) is 1. The highest BCUT2D eigenvalue weighted by atomic mass is 35.5. The fourth-order valence-electron chi connectivity index (χ4n) is 3.07. The maximum absolute atomic E-state index is 6.30. The normalized spacial score (nSPS) is 16.0. The van der Waals surface area contributed by atoms with Crippen LogP contribution in [0, 0.1) is 6.92 Å². The van der Waals surface area contributed by atoms with Crippen molar-refractivity contribution >= 4 is 23.6 Å². The van der Waals surface area contributed by atoms with E-state index in [4.69, 9.17) is 21.9 Å². The van der Waals surface area contributed by atoms with Crippen molar-refractivity contribution < 1.29 is 13.7 Å². The van der Waals surface area contributed by atoms with Crippen LogP contribution in [-0.4, -0.2) is 4.98 Å². The minimum atomic E-state index is 0.470. The molecule has 0 radical (unpaired) electrons. The van der Waals surface area contributed by atoms with Crippen molar-refractivity contribution in [3.8, 4) is 11.3 Å². The molecule has 0 atom stereocenters. The number of nitrogens with zero attached hydrogens (tertiary/aromatic N) is 1. The molecule has 1 aliphatic rings. The molecular formula is C16H19ClN2O3S. The summed E-state index contributed by atoms with van der Waals surface area (Å²) in [6.07, 6.45) is 6.15. The lowest BCUT2D eigenvalue weighted by atomic mass is 9.85. The lowest BCUT2D eigenvalue weighted by Gasteiger charge is -2.20. The molecule has 0 spiro atoms. The van der Waals surface area contributed by atoms with E-state index in [0.29, 0.717) is 16.8 Å². The van der Waals surface area contributed by atoms with E-state index in [1.54, 1.807) is 0 Å². The maximum atomic E-state index is 6.30. The summed E-state index contributed by atoms with van der Waals surface area (Å²) in [6, 6.07) is 5.65. The van der Waals surface area contributed by atoms with Gasteiger partial charge in [-0.05, 0) is 31.0 Å². The fourth-order valence-corrected chi connectivity index (χ4v) is 3.72. The van der Waals surface area contributed by atoms with Crippen LogP contribution in [0.4, 0.5) is 0 Å². The molecule has 0 bridgehead atoms. The standard InChI is InChI=1S/C16H19ClN2O3S/c1-10-19-15(11-5-3-2-4-6-11)16(20-10)12-7-8-14(13(17)9-12)23-22-21-18/h7-9,11H,2-6,18H2,1H3. The van der Waals surface area contributed by atoms with Crippen molar-refractivity contribution in [3.63, 3.8) is 0 Å². The van der Waals surface area contributed by atoms with Crippen molar-refractivity contribution in [3.05, 3.63) is 34.8 Å². The monoisotopic (exact) mass is 354 g/mol. The number of hydrogen-bond acceptors (Lipinski definition) is 6. The fraction of sp³-hybridized carbons (Fsp3) is 0.438. The summed E-state index contributed by atoms with van der Waals surface area (Å²) in [4.78, 5) is 9.45. The zero-order chi connectivity index (χ0) is 16.2. The van der Waals surface area contributed by atoms with Crippen molar-refractivity contribution in [1.29, 1.82) is 0 Å². The van der Waals surface area contributed by atoms with E-state index in [9.17, 15) is 0 Å². The zero-order valence-electron chi connectivity index (χ0n) is 12.9. The summed E-state index contributed by atoms with van der Waals surface area (Å²) in [5.74, 6) is 6.83. The smallest absolute Gasteiger partial charge is 0.192 e. The van der Waals surface area contributed by atoms with Crippen molar-refractivity contribution in [2.75, 3.05) is 0 Å². The molecule has 0 unspecified atom stereocenters. The summed E-state index contributed by atoms with van der Waals surface area (Å²) < 4.78 is 10.5. The lowest BCUT2D eigenvalue weighted by molar-refractivity contribution is -0.195. The van der Waals surface area contributed by atoms with Gasteiger partial charge in [0.2, 0.25) is 0 Å². The number of rotatable bonds is 5. The molecule has 7 heteroatoms. The van der Waals surface area contributed by atoms with Crippen LogP contribution in [0.15, 0.2) is 27.5 Å². The van der Waals surface area contributed by atoms with Crippen molar-refractivity contribution in [2.45, 2.75) is 49.8 Å². The topological polar surface area (TPSA) is 70.5 Å². The third-order valence-electron chi connectivity index (χ3n) is 4.11. The van der Waals surface area contributed by atoms with E-state index in [-0.39, 0.29) is 0 Å². The van der Waals surface area contributed by atoms with Gasteiger partial charge in [0.15, 0.2) is 11.7 Å². The Labute approximate surface area is 144 Å². The first-order chi connectivity index (χ1) is 11.2. The van der Waals surface area contributed by atoms with Gasteiger partial charge in [0.1, 0.15) is 0 Å². The Morgan fingerprint density at radius 1 is 1.30 bits per heavy atom. The second-order valence-corrected chi connectivity index (χ2v) is 6.82. The van der Waals surface area contributed by atoms with E-state index in [2.05, 4.69) is 14.3 Å². The lowest BCUT2D eigenvalue weighted by Crippen LogP contribution is -2.06. The average molecular weight is 355 g/mol. The van der Waals surface area contributed by atoms with Crippen LogP contribution in [0.1, 0.15) is 49.6 Å². The van der Waals surface area contributed by atoms with E-state index < -0.39 is 0 Å². The zero-order valence-corrected chi connectivity index (χ0v) is 14.5. The molecule has 5 nitrogen and oxygen atoms in total. The Morgan fingerprint density at radius 2 is 2.09 bits per heavy atom. The molecule has 2 aromatic rings. The second kappa shape index (κ2) is 7.68. The summed E-state index contributed by atoms with van der Waals surface area (Å²) in [6.45, 7) is 1.88. The summed E-state index contributed by atoms with van der Waals surface area (Å²) in [5.41, 5.74) is 1.98. The number of halogens is 1. The van der Waals surface area contributed by atoms with Gasteiger partial charge in [0, 0.05) is 18.4 Å². The molecule has 2 N–H and O–H groups in total. The van der Waals surface area contributed by atoms with Gasteiger partial charge in [-0.25, -0.2) is 4.98 Å². The maximum Gasteiger partial charge on any atom is 0.192 e. The summed E-state index contributed by atoms with van der Waals surface area (Å²) in [7, 11) is 0. The van der Waals surface area contributed by atoms with Gasteiger partial charge in [-0.15, -0.1) is 9.32 Å². The molecule has 1 heterocycles. The number of nitrogens with two attached hydrogens (primary N) is 1. The van der Waals surface area contributed by atoms with Crippen LogP contribution < -0.4 is 5.90 Å². The molecule has 124 valence electrons. The van der Waals surface area contributed by atoms with E-state index in [1.807, 2.05) is 25.1 Å². The van der Waals surface area contributed by atoms with Crippen LogP contribution in [0.5, 0.6) is 0 Å².